The molecule has 2 rings (SSSR count). The number of Topliss-reactive ketones (excluding diaryl/α,β-unsaturated/α-hetero) is 1. The molecule has 1 saturated heterocycles. The Bertz CT molecular complexity index is 273. The highest BCUT2D eigenvalue weighted by Gasteiger charge is 2.19. The number of hydrogen-bond donors (Lipinski definition) is 0. The second kappa shape index (κ2) is 4.03. The highest BCUT2D eigenvalue weighted by Crippen LogP contribution is 2.19. The Kier molecular flexibility index (Phi) is 2.76. The van der Waals surface area contributed by atoms with Gasteiger partial charge in [0.25, 0.3) is 0 Å². The molecule has 0 spiro atoms. The summed E-state index contributed by atoms with van der Waals surface area (Å²) >= 11 is 1.57. The molecule has 0 radical (unpaired) electrons. The average molecular weight is 196 g/mol. The molecule has 1 aromatic rings. The molecule has 0 N–H and O–H groups in total. The van der Waals surface area contributed by atoms with Crippen LogP contribution in [-0.2, 0) is 4.74 Å². The van der Waals surface area contributed by atoms with E-state index in [2.05, 4.69) is 0 Å². The Balaban J connectivity index is 1.91. The standard InChI is InChI=1S/C10H12O2S/c11-10(9-2-4-13-7-9)5-8-1-3-12-6-8/h2,4,7-8H,1,3,5-6H2. The largest absolute Gasteiger partial charge is 0.381 e. The maximum atomic E-state index is 11.6. The number of carbonyl (C=O) groups is 1. The average Bonchev–Trinajstić information content (AvgIpc) is 2.74. The molecule has 1 unspecified atom stereocenters. The molecule has 0 saturated carbocycles. The molecule has 13 heavy (non-hydrogen) atoms. The van der Waals surface area contributed by atoms with Gasteiger partial charge in [0.2, 0.25) is 0 Å². The van der Waals surface area contributed by atoms with Crippen LogP contribution < -0.4 is 0 Å². The lowest BCUT2D eigenvalue weighted by Crippen LogP contribution is -2.07. The molecule has 70 valence electrons. The van der Waals surface area contributed by atoms with Crippen molar-refractivity contribution in [3.63, 3.8) is 0 Å². The number of ether oxygens (including phenoxy) is 1. The summed E-state index contributed by atoms with van der Waals surface area (Å²) in [6, 6.07) is 1.89. The molecule has 0 bridgehead atoms. The van der Waals surface area contributed by atoms with E-state index in [1.807, 2.05) is 16.8 Å². The van der Waals surface area contributed by atoms with Crippen LogP contribution in [-0.4, -0.2) is 19.0 Å². The Morgan fingerprint density at radius 2 is 2.62 bits per heavy atom. The van der Waals surface area contributed by atoms with Crippen molar-refractivity contribution in [1.29, 1.82) is 0 Å². The zero-order valence-corrected chi connectivity index (χ0v) is 8.18. The van der Waals surface area contributed by atoms with E-state index >= 15 is 0 Å². The summed E-state index contributed by atoms with van der Waals surface area (Å²) in [6.45, 7) is 1.58. The third-order valence-corrected chi connectivity index (χ3v) is 3.02. The number of thiophene rings is 1. The van der Waals surface area contributed by atoms with Gasteiger partial charge in [0.15, 0.2) is 5.78 Å². The maximum Gasteiger partial charge on any atom is 0.164 e. The van der Waals surface area contributed by atoms with Crippen LogP contribution in [0.4, 0.5) is 0 Å². The first-order valence-electron chi connectivity index (χ1n) is 4.49. The van der Waals surface area contributed by atoms with Crippen LogP contribution >= 0.6 is 11.3 Å². The van der Waals surface area contributed by atoms with Crippen molar-refractivity contribution >= 4 is 17.1 Å². The molecule has 2 heterocycles. The summed E-state index contributed by atoms with van der Waals surface area (Å²) in [6.07, 6.45) is 1.69. The van der Waals surface area contributed by atoms with E-state index in [1.165, 1.54) is 0 Å². The lowest BCUT2D eigenvalue weighted by atomic mass is 9.99. The van der Waals surface area contributed by atoms with E-state index in [0.29, 0.717) is 12.3 Å². The van der Waals surface area contributed by atoms with Gasteiger partial charge in [0.05, 0.1) is 0 Å². The molecule has 1 aromatic heterocycles. The fraction of sp³-hybridized carbons (Fsp3) is 0.500. The summed E-state index contributed by atoms with van der Waals surface area (Å²) in [5.41, 5.74) is 0.858. The Morgan fingerprint density at radius 3 is 3.23 bits per heavy atom. The van der Waals surface area contributed by atoms with Gasteiger partial charge < -0.3 is 4.74 Å². The first-order chi connectivity index (χ1) is 6.36. The predicted octanol–water partition coefficient (Wildman–Crippen LogP) is 2.36. The zero-order chi connectivity index (χ0) is 9.10. The zero-order valence-electron chi connectivity index (χ0n) is 7.36. The van der Waals surface area contributed by atoms with Crippen LogP contribution in [0.3, 0.4) is 0 Å². The molecule has 0 amide bonds. The summed E-state index contributed by atoms with van der Waals surface area (Å²) < 4.78 is 5.23. The van der Waals surface area contributed by atoms with E-state index in [1.54, 1.807) is 11.3 Å². The number of carbonyl (C=O) groups excluding carboxylic acids is 1. The summed E-state index contributed by atoms with van der Waals surface area (Å²) in [5, 5.41) is 3.86. The van der Waals surface area contributed by atoms with Crippen LogP contribution in [0, 0.1) is 5.92 Å². The van der Waals surface area contributed by atoms with Gasteiger partial charge in [-0.2, -0.15) is 11.3 Å². The normalized spacial score (nSPS) is 22.0. The Hall–Kier alpha value is -0.670. The van der Waals surface area contributed by atoms with Crippen LogP contribution in [0.1, 0.15) is 23.2 Å². The maximum absolute atomic E-state index is 11.6. The molecule has 2 nitrogen and oxygen atoms in total. The van der Waals surface area contributed by atoms with Crippen molar-refractivity contribution in [1.82, 2.24) is 0 Å². The predicted molar refractivity (Wildman–Crippen MR) is 52.2 cm³/mol. The Labute approximate surface area is 81.5 Å². The van der Waals surface area contributed by atoms with Crippen molar-refractivity contribution < 1.29 is 9.53 Å². The van der Waals surface area contributed by atoms with Crippen molar-refractivity contribution in [3.8, 4) is 0 Å². The fourth-order valence-corrected chi connectivity index (χ4v) is 2.21. The van der Waals surface area contributed by atoms with E-state index in [4.69, 9.17) is 4.74 Å². The van der Waals surface area contributed by atoms with Crippen molar-refractivity contribution in [2.24, 2.45) is 5.92 Å². The lowest BCUT2D eigenvalue weighted by molar-refractivity contribution is 0.0953. The van der Waals surface area contributed by atoms with Crippen LogP contribution in [0.2, 0.25) is 0 Å². The van der Waals surface area contributed by atoms with Crippen molar-refractivity contribution in [2.75, 3.05) is 13.2 Å². The molecule has 1 aliphatic rings. The minimum absolute atomic E-state index is 0.261. The monoisotopic (exact) mass is 196 g/mol. The highest BCUT2D eigenvalue weighted by atomic mass is 32.1. The van der Waals surface area contributed by atoms with Gasteiger partial charge in [-0.25, -0.2) is 0 Å². The molecule has 3 heteroatoms. The van der Waals surface area contributed by atoms with Crippen LogP contribution in [0.15, 0.2) is 16.8 Å². The van der Waals surface area contributed by atoms with Gasteiger partial charge in [-0.3, -0.25) is 4.79 Å². The molecule has 1 aliphatic heterocycles. The summed E-state index contributed by atoms with van der Waals surface area (Å²) in [7, 11) is 0. The van der Waals surface area contributed by atoms with Gasteiger partial charge in [0.1, 0.15) is 0 Å². The molecule has 0 aromatic carbocycles. The van der Waals surface area contributed by atoms with Gasteiger partial charge in [0, 0.05) is 30.6 Å². The van der Waals surface area contributed by atoms with E-state index in [0.717, 1.165) is 25.2 Å². The smallest absolute Gasteiger partial charge is 0.164 e. The van der Waals surface area contributed by atoms with Gasteiger partial charge in [-0.15, -0.1) is 0 Å². The van der Waals surface area contributed by atoms with Gasteiger partial charge in [-0.1, -0.05) is 0 Å². The number of hydrogen-bond acceptors (Lipinski definition) is 3. The van der Waals surface area contributed by atoms with Crippen LogP contribution in [0.5, 0.6) is 0 Å². The summed E-state index contributed by atoms with van der Waals surface area (Å²) in [4.78, 5) is 11.6. The number of ketones is 1. The second-order valence-corrected chi connectivity index (χ2v) is 4.15. The minimum atomic E-state index is 0.261. The quantitative estimate of drug-likeness (QED) is 0.694. The molecule has 1 fully saturated rings. The first-order valence-corrected chi connectivity index (χ1v) is 5.43. The topological polar surface area (TPSA) is 26.3 Å². The third kappa shape index (κ3) is 2.17. The molecule has 0 aliphatic carbocycles. The third-order valence-electron chi connectivity index (χ3n) is 2.34. The minimum Gasteiger partial charge on any atom is -0.381 e. The number of rotatable bonds is 3. The second-order valence-electron chi connectivity index (χ2n) is 3.37. The van der Waals surface area contributed by atoms with E-state index in [9.17, 15) is 4.79 Å². The molecular weight excluding hydrogens is 184 g/mol. The SMILES string of the molecule is O=C(CC1CCOC1)c1ccsc1. The first kappa shape index (κ1) is 8.91. The highest BCUT2D eigenvalue weighted by molar-refractivity contribution is 7.08. The summed E-state index contributed by atoms with van der Waals surface area (Å²) in [5.74, 6) is 0.712. The molecule has 1 atom stereocenters. The van der Waals surface area contributed by atoms with E-state index < -0.39 is 0 Å². The fourth-order valence-electron chi connectivity index (χ4n) is 1.55. The molecular formula is C10H12O2S. The van der Waals surface area contributed by atoms with Gasteiger partial charge in [-0.05, 0) is 23.8 Å². The van der Waals surface area contributed by atoms with Crippen molar-refractivity contribution in [3.05, 3.63) is 22.4 Å². The van der Waals surface area contributed by atoms with E-state index in [-0.39, 0.29) is 5.78 Å². The van der Waals surface area contributed by atoms with Crippen LogP contribution in [0.25, 0.3) is 0 Å². The van der Waals surface area contributed by atoms with Crippen molar-refractivity contribution in [2.45, 2.75) is 12.8 Å². The lowest BCUT2D eigenvalue weighted by Gasteiger charge is -2.03. The Morgan fingerprint density at radius 1 is 1.69 bits per heavy atom. The van der Waals surface area contributed by atoms with Gasteiger partial charge >= 0.3 is 0 Å².